The van der Waals surface area contributed by atoms with Crippen LogP contribution in [0.5, 0.6) is 0 Å². The summed E-state index contributed by atoms with van der Waals surface area (Å²) in [6, 6.07) is 1.46. The van der Waals surface area contributed by atoms with Crippen LogP contribution in [0.15, 0.2) is 0 Å². The third-order valence-electron chi connectivity index (χ3n) is 4.09. The third-order valence-corrected chi connectivity index (χ3v) is 4.09. The van der Waals surface area contributed by atoms with E-state index in [0.717, 1.165) is 25.2 Å². The molecule has 2 unspecified atom stereocenters. The van der Waals surface area contributed by atoms with Crippen molar-refractivity contribution in [3.8, 4) is 0 Å². The molecule has 3 heteroatoms. The number of hydrogen-bond donors (Lipinski definition) is 1. The molecular weight excluding hydrogens is 188 g/mol. The van der Waals surface area contributed by atoms with Gasteiger partial charge in [-0.1, -0.05) is 6.42 Å². The highest BCUT2D eigenvalue weighted by molar-refractivity contribution is 4.85. The van der Waals surface area contributed by atoms with Crippen LogP contribution in [0.3, 0.4) is 0 Å². The van der Waals surface area contributed by atoms with Gasteiger partial charge in [-0.2, -0.15) is 0 Å². The Labute approximate surface area is 93.2 Å². The van der Waals surface area contributed by atoms with E-state index in [4.69, 9.17) is 4.74 Å². The van der Waals surface area contributed by atoms with Gasteiger partial charge in [0.15, 0.2) is 0 Å². The molecule has 1 aliphatic heterocycles. The van der Waals surface area contributed by atoms with E-state index >= 15 is 0 Å². The van der Waals surface area contributed by atoms with E-state index in [1.807, 2.05) is 0 Å². The molecule has 1 aliphatic carbocycles. The molecule has 0 spiro atoms. The minimum atomic E-state index is 0.609. The van der Waals surface area contributed by atoms with Crippen LogP contribution in [0.4, 0.5) is 0 Å². The molecule has 15 heavy (non-hydrogen) atoms. The lowest BCUT2D eigenvalue weighted by Gasteiger charge is -2.37. The molecule has 2 aliphatic rings. The van der Waals surface area contributed by atoms with Gasteiger partial charge in [0, 0.05) is 31.2 Å². The van der Waals surface area contributed by atoms with E-state index in [0.29, 0.717) is 6.04 Å². The van der Waals surface area contributed by atoms with Crippen LogP contribution < -0.4 is 5.32 Å². The monoisotopic (exact) mass is 212 g/mol. The van der Waals surface area contributed by atoms with Gasteiger partial charge in [0.1, 0.15) is 0 Å². The second-order valence-electron chi connectivity index (χ2n) is 5.04. The quantitative estimate of drug-likeness (QED) is 0.738. The summed E-state index contributed by atoms with van der Waals surface area (Å²) in [5.41, 5.74) is 0. The Morgan fingerprint density at radius 1 is 1.40 bits per heavy atom. The van der Waals surface area contributed by atoms with Gasteiger partial charge >= 0.3 is 0 Å². The summed E-state index contributed by atoms with van der Waals surface area (Å²) < 4.78 is 5.46. The molecule has 0 bridgehead atoms. The van der Waals surface area contributed by atoms with Crippen molar-refractivity contribution in [2.45, 2.75) is 37.8 Å². The average Bonchev–Trinajstić information content (AvgIpc) is 2.63. The molecule has 2 rings (SSSR count). The molecule has 1 saturated heterocycles. The standard InChI is InChI=1S/C12H24N2O/c1-13-12(10-6-7-15-9-10)8-14(2)11-4-3-5-11/h10-13H,3-9H2,1-2H3. The maximum Gasteiger partial charge on any atom is 0.0510 e. The maximum absolute atomic E-state index is 5.46. The zero-order valence-electron chi connectivity index (χ0n) is 10.0. The fourth-order valence-electron chi connectivity index (χ4n) is 2.63. The molecule has 0 aromatic rings. The maximum atomic E-state index is 5.46. The molecule has 3 nitrogen and oxygen atoms in total. The van der Waals surface area contributed by atoms with Crippen molar-refractivity contribution in [3.05, 3.63) is 0 Å². The summed E-state index contributed by atoms with van der Waals surface area (Å²) in [5.74, 6) is 0.720. The molecule has 1 heterocycles. The van der Waals surface area contributed by atoms with Gasteiger partial charge in [0.25, 0.3) is 0 Å². The second kappa shape index (κ2) is 5.28. The van der Waals surface area contributed by atoms with Gasteiger partial charge in [0.2, 0.25) is 0 Å². The van der Waals surface area contributed by atoms with E-state index < -0.39 is 0 Å². The van der Waals surface area contributed by atoms with Gasteiger partial charge in [0.05, 0.1) is 6.61 Å². The van der Waals surface area contributed by atoms with E-state index in [9.17, 15) is 0 Å². The predicted octanol–water partition coefficient (Wildman–Crippen LogP) is 1.10. The van der Waals surface area contributed by atoms with Crippen LogP contribution in [-0.2, 0) is 4.74 Å². The van der Waals surface area contributed by atoms with Crippen LogP contribution in [-0.4, -0.2) is 50.8 Å². The average molecular weight is 212 g/mol. The highest BCUT2D eigenvalue weighted by atomic mass is 16.5. The summed E-state index contributed by atoms with van der Waals surface area (Å²) in [6.07, 6.45) is 5.44. The zero-order valence-corrected chi connectivity index (χ0v) is 10.0. The van der Waals surface area contributed by atoms with Crippen LogP contribution in [0.2, 0.25) is 0 Å². The fourth-order valence-corrected chi connectivity index (χ4v) is 2.63. The lowest BCUT2D eigenvalue weighted by Crippen LogP contribution is -2.48. The topological polar surface area (TPSA) is 24.5 Å². The van der Waals surface area contributed by atoms with Crippen LogP contribution in [0.25, 0.3) is 0 Å². The Balaban J connectivity index is 1.78. The Morgan fingerprint density at radius 2 is 2.20 bits per heavy atom. The van der Waals surface area contributed by atoms with E-state index in [1.54, 1.807) is 0 Å². The molecule has 0 aromatic carbocycles. The number of hydrogen-bond acceptors (Lipinski definition) is 3. The second-order valence-corrected chi connectivity index (χ2v) is 5.04. The Kier molecular flexibility index (Phi) is 4.00. The van der Waals surface area contributed by atoms with Gasteiger partial charge in [-0.05, 0) is 33.4 Å². The molecule has 0 radical (unpaired) electrons. The summed E-state index contributed by atoms with van der Waals surface area (Å²) >= 11 is 0. The van der Waals surface area contributed by atoms with E-state index in [-0.39, 0.29) is 0 Å². The Bertz CT molecular complexity index is 188. The molecular formula is C12H24N2O. The summed E-state index contributed by atoms with van der Waals surface area (Å²) in [4.78, 5) is 2.53. The molecule has 2 fully saturated rings. The molecule has 0 amide bonds. The Morgan fingerprint density at radius 3 is 2.67 bits per heavy atom. The van der Waals surface area contributed by atoms with Crippen LogP contribution >= 0.6 is 0 Å². The highest BCUT2D eigenvalue weighted by Crippen LogP contribution is 2.25. The molecule has 0 aromatic heterocycles. The smallest absolute Gasteiger partial charge is 0.0510 e. The lowest BCUT2D eigenvalue weighted by molar-refractivity contribution is 0.124. The molecule has 1 saturated carbocycles. The number of rotatable bonds is 5. The number of likely N-dealkylation sites (N-methyl/N-ethyl adjacent to an activating group) is 2. The highest BCUT2D eigenvalue weighted by Gasteiger charge is 2.29. The van der Waals surface area contributed by atoms with Crippen LogP contribution in [0.1, 0.15) is 25.7 Å². The summed E-state index contributed by atoms with van der Waals surface area (Å²) in [5, 5.41) is 3.46. The predicted molar refractivity (Wildman–Crippen MR) is 62.0 cm³/mol. The van der Waals surface area contributed by atoms with Gasteiger partial charge in [-0.3, -0.25) is 0 Å². The van der Waals surface area contributed by atoms with Crippen molar-refractivity contribution < 1.29 is 4.74 Å². The summed E-state index contributed by atoms with van der Waals surface area (Å²) in [6.45, 7) is 3.08. The number of nitrogens with one attached hydrogen (secondary N) is 1. The van der Waals surface area contributed by atoms with Crippen LogP contribution in [0, 0.1) is 5.92 Å². The van der Waals surface area contributed by atoms with E-state index in [1.165, 1.54) is 32.2 Å². The molecule has 88 valence electrons. The van der Waals surface area contributed by atoms with Gasteiger partial charge < -0.3 is 15.0 Å². The SMILES string of the molecule is CNC(CN(C)C1CCC1)C1CCOC1. The normalized spacial score (nSPS) is 29.4. The van der Waals surface area contributed by atoms with Crippen molar-refractivity contribution in [2.75, 3.05) is 33.9 Å². The molecule has 2 atom stereocenters. The minimum Gasteiger partial charge on any atom is -0.381 e. The van der Waals surface area contributed by atoms with Gasteiger partial charge in [-0.25, -0.2) is 0 Å². The number of ether oxygens (including phenoxy) is 1. The first kappa shape index (κ1) is 11.4. The fraction of sp³-hybridized carbons (Fsp3) is 1.00. The van der Waals surface area contributed by atoms with Gasteiger partial charge in [-0.15, -0.1) is 0 Å². The zero-order chi connectivity index (χ0) is 10.7. The summed E-state index contributed by atoms with van der Waals surface area (Å²) in [7, 11) is 4.35. The van der Waals surface area contributed by atoms with Crippen molar-refractivity contribution >= 4 is 0 Å². The van der Waals surface area contributed by atoms with Crippen molar-refractivity contribution in [1.29, 1.82) is 0 Å². The first-order chi connectivity index (χ1) is 7.31. The van der Waals surface area contributed by atoms with Crippen molar-refractivity contribution in [2.24, 2.45) is 5.92 Å². The lowest BCUT2D eigenvalue weighted by atomic mass is 9.90. The largest absolute Gasteiger partial charge is 0.381 e. The first-order valence-electron chi connectivity index (χ1n) is 6.26. The number of nitrogens with zero attached hydrogens (tertiary/aromatic N) is 1. The van der Waals surface area contributed by atoms with Crippen molar-refractivity contribution in [3.63, 3.8) is 0 Å². The first-order valence-corrected chi connectivity index (χ1v) is 6.26. The van der Waals surface area contributed by atoms with Crippen molar-refractivity contribution in [1.82, 2.24) is 10.2 Å². The van der Waals surface area contributed by atoms with E-state index in [2.05, 4.69) is 24.3 Å². The third kappa shape index (κ3) is 2.71. The molecule has 1 N–H and O–H groups in total. The Hall–Kier alpha value is -0.120. The minimum absolute atomic E-state index is 0.609.